The number of nitrogens with zero attached hydrogens (tertiary/aromatic N) is 1. The molecule has 0 aliphatic heterocycles. The molecule has 0 amide bonds. The Bertz CT molecular complexity index is 827. The molecule has 1 heterocycles. The van der Waals surface area contributed by atoms with Crippen LogP contribution in [0.15, 0.2) is 54.9 Å². The molecule has 2 aromatic carbocycles. The molecule has 4 nitrogen and oxygen atoms in total. The third-order valence-corrected chi connectivity index (χ3v) is 3.40. The lowest BCUT2D eigenvalue weighted by atomic mass is 9.98. The summed E-state index contributed by atoms with van der Waals surface area (Å²) in [4.78, 5) is 15.1. The van der Waals surface area contributed by atoms with Crippen LogP contribution >= 0.6 is 0 Å². The van der Waals surface area contributed by atoms with Gasteiger partial charge in [0, 0.05) is 23.3 Å². The van der Waals surface area contributed by atoms with Crippen LogP contribution < -0.4 is 4.74 Å². The second-order valence-corrected chi connectivity index (χ2v) is 4.63. The van der Waals surface area contributed by atoms with Crippen LogP contribution in [0.2, 0.25) is 0 Å². The molecular formula is C17H13NO3. The zero-order valence-corrected chi connectivity index (χ0v) is 11.4. The van der Waals surface area contributed by atoms with Crippen LogP contribution in [0, 0.1) is 0 Å². The number of methoxy groups -OCH3 is 1. The molecule has 0 aliphatic rings. The molecule has 0 aliphatic carbocycles. The highest BCUT2D eigenvalue weighted by Crippen LogP contribution is 2.34. The van der Waals surface area contributed by atoms with Crippen molar-refractivity contribution in [1.82, 2.24) is 4.98 Å². The predicted molar refractivity (Wildman–Crippen MR) is 80.7 cm³/mol. The quantitative estimate of drug-likeness (QED) is 0.795. The van der Waals surface area contributed by atoms with Gasteiger partial charge in [0.2, 0.25) is 0 Å². The number of benzene rings is 2. The number of hydrogen-bond donors (Lipinski definition) is 1. The fraction of sp³-hybridized carbons (Fsp3) is 0.0588. The Balaban J connectivity index is 2.26. The zero-order chi connectivity index (χ0) is 14.8. The third kappa shape index (κ3) is 2.31. The van der Waals surface area contributed by atoms with Crippen LogP contribution in [0.5, 0.6) is 5.75 Å². The Morgan fingerprint density at radius 1 is 1.10 bits per heavy atom. The van der Waals surface area contributed by atoms with E-state index in [1.54, 1.807) is 19.4 Å². The lowest BCUT2D eigenvalue weighted by Gasteiger charge is -2.10. The number of hydrogen-bond acceptors (Lipinski definition) is 3. The van der Waals surface area contributed by atoms with Crippen molar-refractivity contribution in [1.29, 1.82) is 0 Å². The summed E-state index contributed by atoms with van der Waals surface area (Å²) in [7, 11) is 1.63. The summed E-state index contributed by atoms with van der Waals surface area (Å²) >= 11 is 0. The Labute approximate surface area is 121 Å². The van der Waals surface area contributed by atoms with Gasteiger partial charge in [0.05, 0.1) is 12.7 Å². The Morgan fingerprint density at radius 2 is 1.86 bits per heavy atom. The molecule has 0 saturated heterocycles. The molecule has 0 fully saturated rings. The number of fused-ring (bicyclic) bond motifs is 1. The molecule has 1 aromatic heterocycles. The molecule has 3 aromatic rings. The van der Waals surface area contributed by atoms with Crippen molar-refractivity contribution in [3.63, 3.8) is 0 Å². The van der Waals surface area contributed by atoms with Gasteiger partial charge in [0.1, 0.15) is 5.75 Å². The number of aromatic carboxylic acids is 1. The van der Waals surface area contributed by atoms with Crippen LogP contribution in [0.25, 0.3) is 21.9 Å². The lowest BCUT2D eigenvalue weighted by molar-refractivity contribution is 0.0696. The summed E-state index contributed by atoms with van der Waals surface area (Å²) in [5.41, 5.74) is 1.88. The third-order valence-electron chi connectivity index (χ3n) is 3.40. The fourth-order valence-corrected chi connectivity index (χ4v) is 2.41. The number of aromatic nitrogens is 1. The van der Waals surface area contributed by atoms with Crippen LogP contribution in [0.4, 0.5) is 0 Å². The molecule has 0 saturated carbocycles. The molecule has 0 bridgehead atoms. The van der Waals surface area contributed by atoms with Crippen molar-refractivity contribution < 1.29 is 14.6 Å². The summed E-state index contributed by atoms with van der Waals surface area (Å²) < 4.78 is 5.37. The predicted octanol–water partition coefficient (Wildman–Crippen LogP) is 3.61. The maximum absolute atomic E-state index is 11.1. The van der Waals surface area contributed by atoms with Crippen molar-refractivity contribution in [2.45, 2.75) is 0 Å². The van der Waals surface area contributed by atoms with Crippen LogP contribution in [-0.2, 0) is 0 Å². The Hall–Kier alpha value is -2.88. The Kier molecular flexibility index (Phi) is 3.28. The molecule has 0 radical (unpaired) electrons. The van der Waals surface area contributed by atoms with Gasteiger partial charge in [0.15, 0.2) is 0 Å². The highest BCUT2D eigenvalue weighted by Gasteiger charge is 2.10. The van der Waals surface area contributed by atoms with E-state index in [9.17, 15) is 4.79 Å². The van der Waals surface area contributed by atoms with Gasteiger partial charge in [-0.05, 0) is 29.1 Å². The van der Waals surface area contributed by atoms with Gasteiger partial charge in [-0.1, -0.05) is 24.3 Å². The van der Waals surface area contributed by atoms with E-state index >= 15 is 0 Å². The first kappa shape index (κ1) is 13.1. The van der Waals surface area contributed by atoms with Gasteiger partial charge >= 0.3 is 5.97 Å². The molecule has 21 heavy (non-hydrogen) atoms. The van der Waals surface area contributed by atoms with Crippen LogP contribution in [0.3, 0.4) is 0 Å². The van der Waals surface area contributed by atoms with Crippen molar-refractivity contribution >= 4 is 16.7 Å². The first-order valence-electron chi connectivity index (χ1n) is 6.45. The van der Waals surface area contributed by atoms with Crippen molar-refractivity contribution in [3.8, 4) is 16.9 Å². The normalized spacial score (nSPS) is 10.5. The highest BCUT2D eigenvalue weighted by molar-refractivity contribution is 6.00. The number of carbonyl (C=O) groups is 1. The van der Waals surface area contributed by atoms with Crippen LogP contribution in [-0.4, -0.2) is 23.2 Å². The number of carboxylic acid groups (broad SMARTS) is 1. The average Bonchev–Trinajstić information content (AvgIpc) is 2.54. The standard InChI is InChI=1S/C17H13NO3/c1-21-16-7-6-13(14-4-2-3-5-15(14)16)11-8-12(17(19)20)10-18-9-11/h2-10H,1H3,(H,19,20). The van der Waals surface area contributed by atoms with Gasteiger partial charge < -0.3 is 9.84 Å². The van der Waals surface area contributed by atoms with Gasteiger partial charge in [-0.2, -0.15) is 0 Å². The maximum atomic E-state index is 11.1. The van der Waals surface area contributed by atoms with E-state index in [1.165, 1.54) is 6.20 Å². The summed E-state index contributed by atoms with van der Waals surface area (Å²) in [5, 5.41) is 11.1. The SMILES string of the molecule is COc1ccc(-c2cncc(C(=O)O)c2)c2ccccc12. The van der Waals surface area contributed by atoms with E-state index < -0.39 is 5.97 Å². The molecule has 104 valence electrons. The molecular weight excluding hydrogens is 266 g/mol. The average molecular weight is 279 g/mol. The molecule has 0 atom stereocenters. The van der Waals surface area contributed by atoms with E-state index in [0.717, 1.165) is 27.6 Å². The van der Waals surface area contributed by atoms with E-state index in [4.69, 9.17) is 9.84 Å². The second kappa shape index (κ2) is 5.25. The van der Waals surface area contributed by atoms with Crippen LogP contribution in [0.1, 0.15) is 10.4 Å². The second-order valence-electron chi connectivity index (χ2n) is 4.63. The smallest absolute Gasteiger partial charge is 0.337 e. The lowest BCUT2D eigenvalue weighted by Crippen LogP contribution is -1.97. The largest absolute Gasteiger partial charge is 0.496 e. The van der Waals surface area contributed by atoms with E-state index in [-0.39, 0.29) is 5.56 Å². The molecule has 3 rings (SSSR count). The van der Waals surface area contributed by atoms with E-state index in [2.05, 4.69) is 4.98 Å². The molecule has 4 heteroatoms. The fourth-order valence-electron chi connectivity index (χ4n) is 2.41. The summed E-state index contributed by atoms with van der Waals surface area (Å²) in [6, 6.07) is 13.3. The molecule has 1 N–H and O–H groups in total. The minimum Gasteiger partial charge on any atom is -0.496 e. The minimum atomic E-state index is -0.984. The minimum absolute atomic E-state index is 0.174. The summed E-state index contributed by atoms with van der Waals surface area (Å²) in [6.45, 7) is 0. The summed E-state index contributed by atoms with van der Waals surface area (Å²) in [5.74, 6) is -0.195. The molecule has 0 spiro atoms. The first-order chi connectivity index (χ1) is 10.2. The summed E-state index contributed by atoms with van der Waals surface area (Å²) in [6.07, 6.45) is 3.01. The first-order valence-corrected chi connectivity index (χ1v) is 6.45. The van der Waals surface area contributed by atoms with Crippen molar-refractivity contribution in [2.75, 3.05) is 7.11 Å². The van der Waals surface area contributed by atoms with Crippen molar-refractivity contribution in [2.24, 2.45) is 0 Å². The number of ether oxygens (including phenoxy) is 1. The van der Waals surface area contributed by atoms with Gasteiger partial charge in [0.25, 0.3) is 0 Å². The topological polar surface area (TPSA) is 59.4 Å². The van der Waals surface area contributed by atoms with E-state index in [1.807, 2.05) is 36.4 Å². The molecule has 0 unspecified atom stereocenters. The maximum Gasteiger partial charge on any atom is 0.337 e. The number of carboxylic acids is 1. The highest BCUT2D eigenvalue weighted by atomic mass is 16.5. The number of pyridine rings is 1. The van der Waals surface area contributed by atoms with Gasteiger partial charge in [-0.3, -0.25) is 4.98 Å². The monoisotopic (exact) mass is 279 g/mol. The van der Waals surface area contributed by atoms with E-state index in [0.29, 0.717) is 0 Å². The van der Waals surface area contributed by atoms with Gasteiger partial charge in [-0.15, -0.1) is 0 Å². The zero-order valence-electron chi connectivity index (χ0n) is 11.4. The Morgan fingerprint density at radius 3 is 2.57 bits per heavy atom. The van der Waals surface area contributed by atoms with Gasteiger partial charge in [-0.25, -0.2) is 4.79 Å². The van der Waals surface area contributed by atoms with Crippen molar-refractivity contribution in [3.05, 3.63) is 60.4 Å². The number of rotatable bonds is 3.